The minimum atomic E-state index is 0.0937. The van der Waals surface area contributed by atoms with E-state index in [0.717, 1.165) is 21.8 Å². The molecule has 0 fully saturated rings. The highest BCUT2D eigenvalue weighted by molar-refractivity contribution is 7.09. The maximum absolute atomic E-state index is 5.79. The molecule has 0 aliphatic carbocycles. The molecule has 15 heavy (non-hydrogen) atoms. The van der Waals surface area contributed by atoms with Gasteiger partial charge in [0, 0.05) is 17.0 Å². The summed E-state index contributed by atoms with van der Waals surface area (Å²) in [6.45, 7) is 4.01. The predicted octanol–water partition coefficient (Wildman–Crippen LogP) is 3.14. The lowest BCUT2D eigenvalue weighted by atomic mass is 10.1. The van der Waals surface area contributed by atoms with E-state index < -0.39 is 0 Å². The number of aromatic nitrogens is 1. The van der Waals surface area contributed by atoms with Crippen LogP contribution in [0.15, 0.2) is 29.6 Å². The zero-order valence-corrected chi connectivity index (χ0v) is 9.71. The molecule has 1 atom stereocenters. The Morgan fingerprint density at radius 2 is 1.93 bits per heavy atom. The van der Waals surface area contributed by atoms with Crippen LogP contribution in [0.1, 0.15) is 23.5 Å². The fraction of sp³-hybridized carbons (Fsp3) is 0.250. The number of hydrogen-bond donors (Lipinski definition) is 1. The van der Waals surface area contributed by atoms with Crippen molar-refractivity contribution < 1.29 is 0 Å². The molecular formula is C12H14N2S. The van der Waals surface area contributed by atoms with Crippen LogP contribution in [0.25, 0.3) is 11.3 Å². The Balaban J connectivity index is 2.31. The number of thiazole rings is 1. The first-order valence-corrected chi connectivity index (χ1v) is 5.83. The first-order valence-electron chi connectivity index (χ1n) is 4.95. The molecule has 1 aromatic heterocycles. The zero-order valence-electron chi connectivity index (χ0n) is 8.90. The molecule has 0 spiro atoms. The average molecular weight is 218 g/mol. The van der Waals surface area contributed by atoms with Crippen LogP contribution in [0, 0.1) is 6.92 Å². The lowest BCUT2D eigenvalue weighted by Crippen LogP contribution is -2.04. The van der Waals surface area contributed by atoms with Crippen molar-refractivity contribution in [2.24, 2.45) is 5.73 Å². The van der Waals surface area contributed by atoms with E-state index in [0.29, 0.717) is 0 Å². The van der Waals surface area contributed by atoms with Crippen molar-refractivity contribution in [3.05, 3.63) is 40.2 Å². The Labute approximate surface area is 93.8 Å². The molecule has 2 nitrogen and oxygen atoms in total. The number of aryl methyl sites for hydroxylation is 1. The van der Waals surface area contributed by atoms with Gasteiger partial charge >= 0.3 is 0 Å². The Morgan fingerprint density at radius 1 is 1.27 bits per heavy atom. The topological polar surface area (TPSA) is 38.9 Å². The van der Waals surface area contributed by atoms with Gasteiger partial charge in [-0.15, -0.1) is 11.3 Å². The van der Waals surface area contributed by atoms with Gasteiger partial charge in [0.2, 0.25) is 0 Å². The van der Waals surface area contributed by atoms with E-state index in [4.69, 9.17) is 5.73 Å². The molecular weight excluding hydrogens is 204 g/mol. The van der Waals surface area contributed by atoms with E-state index in [9.17, 15) is 0 Å². The van der Waals surface area contributed by atoms with Crippen LogP contribution >= 0.6 is 11.3 Å². The first-order chi connectivity index (χ1) is 7.16. The van der Waals surface area contributed by atoms with Gasteiger partial charge < -0.3 is 5.73 Å². The smallest absolute Gasteiger partial charge is 0.0901 e. The van der Waals surface area contributed by atoms with E-state index >= 15 is 0 Å². The zero-order chi connectivity index (χ0) is 10.8. The second-order valence-electron chi connectivity index (χ2n) is 3.66. The SMILES string of the molecule is Cc1nc(-c2ccc([C@H](C)N)cc2)cs1. The van der Waals surface area contributed by atoms with Crippen molar-refractivity contribution in [3.8, 4) is 11.3 Å². The third-order valence-corrected chi connectivity index (χ3v) is 3.12. The van der Waals surface area contributed by atoms with E-state index in [-0.39, 0.29) is 6.04 Å². The molecule has 2 N–H and O–H groups in total. The molecule has 2 aromatic rings. The summed E-state index contributed by atoms with van der Waals surface area (Å²) in [7, 11) is 0. The van der Waals surface area contributed by atoms with Gasteiger partial charge in [-0.1, -0.05) is 24.3 Å². The molecule has 78 valence electrons. The van der Waals surface area contributed by atoms with E-state index in [1.807, 2.05) is 13.8 Å². The Kier molecular flexibility index (Phi) is 2.84. The van der Waals surface area contributed by atoms with E-state index in [1.165, 1.54) is 0 Å². The maximum Gasteiger partial charge on any atom is 0.0901 e. The second-order valence-corrected chi connectivity index (χ2v) is 4.72. The molecule has 0 unspecified atom stereocenters. The molecule has 1 aromatic carbocycles. The molecule has 0 radical (unpaired) electrons. The molecule has 0 amide bonds. The van der Waals surface area contributed by atoms with Gasteiger partial charge in [-0.2, -0.15) is 0 Å². The third kappa shape index (κ3) is 2.25. The summed E-state index contributed by atoms with van der Waals surface area (Å²) in [6.07, 6.45) is 0. The molecule has 0 aliphatic rings. The van der Waals surface area contributed by atoms with Gasteiger partial charge in [0.25, 0.3) is 0 Å². The summed E-state index contributed by atoms with van der Waals surface area (Å²) in [5.74, 6) is 0. The molecule has 0 saturated carbocycles. The van der Waals surface area contributed by atoms with Crippen LogP contribution in [0.2, 0.25) is 0 Å². The Bertz CT molecular complexity index is 443. The van der Waals surface area contributed by atoms with Gasteiger partial charge in [0.15, 0.2) is 0 Å². The average Bonchev–Trinajstić information content (AvgIpc) is 2.65. The summed E-state index contributed by atoms with van der Waals surface area (Å²) in [4.78, 5) is 4.44. The molecule has 0 bridgehead atoms. The van der Waals surface area contributed by atoms with Crippen LogP contribution in [0.3, 0.4) is 0 Å². The van der Waals surface area contributed by atoms with Gasteiger partial charge in [0.05, 0.1) is 10.7 Å². The second kappa shape index (κ2) is 4.13. The Hall–Kier alpha value is -1.19. The standard InChI is InChI=1S/C12H14N2S/c1-8(13)10-3-5-11(6-4-10)12-7-15-9(2)14-12/h3-8H,13H2,1-2H3/t8-/m0/s1. The molecule has 0 saturated heterocycles. The van der Waals surface area contributed by atoms with E-state index in [1.54, 1.807) is 11.3 Å². The van der Waals surface area contributed by atoms with Crippen LogP contribution in [-0.4, -0.2) is 4.98 Å². The molecule has 0 aliphatic heterocycles. The van der Waals surface area contributed by atoms with Crippen LogP contribution in [0.5, 0.6) is 0 Å². The van der Waals surface area contributed by atoms with Gasteiger partial charge in [-0.05, 0) is 19.4 Å². The first kappa shape index (κ1) is 10.3. The lowest BCUT2D eigenvalue weighted by molar-refractivity contribution is 0.818. The van der Waals surface area contributed by atoms with Crippen molar-refractivity contribution >= 4 is 11.3 Å². The van der Waals surface area contributed by atoms with Gasteiger partial charge in [0.1, 0.15) is 0 Å². The summed E-state index contributed by atoms with van der Waals surface area (Å²) < 4.78 is 0. The maximum atomic E-state index is 5.79. The monoisotopic (exact) mass is 218 g/mol. The molecule has 3 heteroatoms. The van der Waals surface area contributed by atoms with Crippen molar-refractivity contribution in [1.29, 1.82) is 0 Å². The summed E-state index contributed by atoms with van der Waals surface area (Å²) in [5, 5.41) is 3.18. The number of nitrogens with two attached hydrogens (primary N) is 1. The summed E-state index contributed by atoms with van der Waals surface area (Å²) in [5.41, 5.74) is 9.16. The van der Waals surface area contributed by atoms with Gasteiger partial charge in [-0.25, -0.2) is 4.98 Å². The number of nitrogens with zero attached hydrogens (tertiary/aromatic N) is 1. The summed E-state index contributed by atoms with van der Waals surface area (Å²) in [6, 6.07) is 8.38. The van der Waals surface area contributed by atoms with Crippen molar-refractivity contribution in [3.63, 3.8) is 0 Å². The largest absolute Gasteiger partial charge is 0.324 e. The lowest BCUT2D eigenvalue weighted by Gasteiger charge is -2.05. The predicted molar refractivity (Wildman–Crippen MR) is 64.9 cm³/mol. The normalized spacial score (nSPS) is 12.7. The number of benzene rings is 1. The fourth-order valence-electron chi connectivity index (χ4n) is 1.45. The highest BCUT2D eigenvalue weighted by Gasteiger charge is 2.03. The molecule has 2 rings (SSSR count). The van der Waals surface area contributed by atoms with Crippen LogP contribution in [-0.2, 0) is 0 Å². The van der Waals surface area contributed by atoms with E-state index in [2.05, 4.69) is 34.6 Å². The highest BCUT2D eigenvalue weighted by Crippen LogP contribution is 2.22. The van der Waals surface area contributed by atoms with Crippen LogP contribution < -0.4 is 5.73 Å². The number of rotatable bonds is 2. The minimum Gasteiger partial charge on any atom is -0.324 e. The quantitative estimate of drug-likeness (QED) is 0.841. The van der Waals surface area contributed by atoms with Gasteiger partial charge in [-0.3, -0.25) is 0 Å². The van der Waals surface area contributed by atoms with Crippen LogP contribution in [0.4, 0.5) is 0 Å². The number of hydrogen-bond acceptors (Lipinski definition) is 3. The van der Waals surface area contributed by atoms with Crippen molar-refractivity contribution in [1.82, 2.24) is 4.98 Å². The fourth-order valence-corrected chi connectivity index (χ4v) is 2.08. The molecule has 1 heterocycles. The van der Waals surface area contributed by atoms with Crippen molar-refractivity contribution in [2.45, 2.75) is 19.9 Å². The van der Waals surface area contributed by atoms with Crippen molar-refractivity contribution in [2.75, 3.05) is 0 Å². The highest BCUT2D eigenvalue weighted by atomic mass is 32.1. The Morgan fingerprint density at radius 3 is 2.40 bits per heavy atom. The summed E-state index contributed by atoms with van der Waals surface area (Å²) >= 11 is 1.67. The minimum absolute atomic E-state index is 0.0937. The third-order valence-electron chi connectivity index (χ3n) is 2.35.